The average molecular weight is 260 g/mol. The van der Waals surface area contributed by atoms with E-state index in [0.717, 1.165) is 13.2 Å². The summed E-state index contributed by atoms with van der Waals surface area (Å²) in [6.07, 6.45) is 5.58. The number of morpholine rings is 1. The first kappa shape index (κ1) is 12.9. The van der Waals surface area contributed by atoms with Gasteiger partial charge in [0.2, 0.25) is 0 Å². The number of nitrogens with zero attached hydrogens (tertiary/aromatic N) is 1. The van der Waals surface area contributed by atoms with Crippen LogP contribution in [-0.2, 0) is 4.74 Å². The van der Waals surface area contributed by atoms with Crippen LogP contribution in [0.2, 0.25) is 0 Å². The molecule has 2 N–H and O–H groups in total. The molecule has 3 nitrogen and oxygen atoms in total. The van der Waals surface area contributed by atoms with E-state index in [0.29, 0.717) is 12.1 Å². The van der Waals surface area contributed by atoms with Gasteiger partial charge in [-0.2, -0.15) is 0 Å². The van der Waals surface area contributed by atoms with Crippen LogP contribution in [0.4, 0.5) is 5.69 Å². The fraction of sp³-hybridized carbons (Fsp3) is 0.625. The minimum atomic E-state index is 0.112. The molecule has 3 rings (SSSR count). The zero-order valence-electron chi connectivity index (χ0n) is 11.7. The van der Waals surface area contributed by atoms with Crippen LogP contribution >= 0.6 is 0 Å². The van der Waals surface area contributed by atoms with Crippen molar-refractivity contribution in [2.45, 2.75) is 50.8 Å². The highest BCUT2D eigenvalue weighted by atomic mass is 16.5. The van der Waals surface area contributed by atoms with Gasteiger partial charge in [0.1, 0.15) is 0 Å². The Labute approximate surface area is 115 Å². The van der Waals surface area contributed by atoms with E-state index in [1.54, 1.807) is 0 Å². The van der Waals surface area contributed by atoms with Crippen LogP contribution in [0.1, 0.15) is 44.2 Å². The van der Waals surface area contributed by atoms with Gasteiger partial charge in [-0.3, -0.25) is 0 Å². The Bertz CT molecular complexity index is 413. The zero-order valence-corrected chi connectivity index (χ0v) is 11.7. The summed E-state index contributed by atoms with van der Waals surface area (Å²) in [4.78, 5) is 2.54. The number of ether oxygens (including phenoxy) is 1. The maximum absolute atomic E-state index is 5.93. The third-order valence-electron chi connectivity index (χ3n) is 4.48. The highest BCUT2D eigenvalue weighted by Crippen LogP contribution is 2.32. The summed E-state index contributed by atoms with van der Waals surface area (Å²) in [7, 11) is 0. The highest BCUT2D eigenvalue weighted by Gasteiger charge is 2.34. The largest absolute Gasteiger partial charge is 0.374 e. The Kier molecular flexibility index (Phi) is 3.76. The second-order valence-electron chi connectivity index (χ2n) is 5.83. The molecule has 3 heteroatoms. The van der Waals surface area contributed by atoms with Crippen molar-refractivity contribution >= 4 is 5.69 Å². The molecule has 19 heavy (non-hydrogen) atoms. The summed E-state index contributed by atoms with van der Waals surface area (Å²) in [6, 6.07) is 9.44. The average Bonchev–Trinajstić information content (AvgIpc) is 2.47. The molecule has 0 spiro atoms. The van der Waals surface area contributed by atoms with Crippen molar-refractivity contribution in [1.82, 2.24) is 0 Å². The van der Waals surface area contributed by atoms with Crippen molar-refractivity contribution in [2.75, 3.05) is 18.1 Å². The van der Waals surface area contributed by atoms with E-state index in [2.05, 4.69) is 29.2 Å². The van der Waals surface area contributed by atoms with Crippen LogP contribution in [0, 0.1) is 0 Å². The van der Waals surface area contributed by atoms with Gasteiger partial charge in [-0.15, -0.1) is 0 Å². The number of hydrogen-bond acceptors (Lipinski definition) is 3. The van der Waals surface area contributed by atoms with Gasteiger partial charge < -0.3 is 15.4 Å². The molecule has 1 heterocycles. The van der Waals surface area contributed by atoms with E-state index in [4.69, 9.17) is 10.5 Å². The second kappa shape index (κ2) is 5.51. The van der Waals surface area contributed by atoms with E-state index < -0.39 is 0 Å². The number of fused-ring (bicyclic) bond motifs is 1. The first-order chi connectivity index (χ1) is 9.25. The molecule has 0 aromatic heterocycles. The van der Waals surface area contributed by atoms with Crippen LogP contribution in [0.25, 0.3) is 0 Å². The SMILES string of the molecule is C[C@@H](N)c1ccc(N2CCOC3CCCCC32)cc1. The van der Waals surface area contributed by atoms with Crippen LogP contribution in [-0.4, -0.2) is 25.3 Å². The number of rotatable bonds is 2. The first-order valence-electron chi connectivity index (χ1n) is 7.49. The second-order valence-corrected chi connectivity index (χ2v) is 5.83. The molecule has 3 atom stereocenters. The Morgan fingerprint density at radius 1 is 1.21 bits per heavy atom. The lowest BCUT2D eigenvalue weighted by Crippen LogP contribution is -2.52. The van der Waals surface area contributed by atoms with Gasteiger partial charge in [-0.1, -0.05) is 25.0 Å². The molecule has 2 aliphatic rings. The van der Waals surface area contributed by atoms with Gasteiger partial charge in [0.05, 0.1) is 18.8 Å². The van der Waals surface area contributed by atoms with Crippen LogP contribution < -0.4 is 10.6 Å². The van der Waals surface area contributed by atoms with E-state index >= 15 is 0 Å². The van der Waals surface area contributed by atoms with Crippen LogP contribution in [0.5, 0.6) is 0 Å². The smallest absolute Gasteiger partial charge is 0.0779 e. The fourth-order valence-corrected chi connectivity index (χ4v) is 3.39. The van der Waals surface area contributed by atoms with Gasteiger partial charge in [0.15, 0.2) is 0 Å². The Hall–Kier alpha value is -1.06. The number of hydrogen-bond donors (Lipinski definition) is 1. The van der Waals surface area contributed by atoms with Gasteiger partial charge >= 0.3 is 0 Å². The van der Waals surface area contributed by atoms with Crippen molar-refractivity contribution < 1.29 is 4.74 Å². The molecule has 2 fully saturated rings. The molecule has 2 unspecified atom stereocenters. The fourth-order valence-electron chi connectivity index (χ4n) is 3.39. The highest BCUT2D eigenvalue weighted by molar-refractivity contribution is 5.49. The third kappa shape index (κ3) is 2.63. The summed E-state index contributed by atoms with van der Waals surface area (Å²) in [5.41, 5.74) is 8.44. The molecule has 0 bridgehead atoms. The molecule has 0 amide bonds. The molecule has 1 saturated carbocycles. The molecular weight excluding hydrogens is 236 g/mol. The van der Waals surface area contributed by atoms with Crippen molar-refractivity contribution in [2.24, 2.45) is 5.73 Å². The van der Waals surface area contributed by atoms with E-state index in [1.807, 2.05) is 6.92 Å². The molecule has 1 aliphatic heterocycles. The first-order valence-corrected chi connectivity index (χ1v) is 7.49. The molecule has 1 saturated heterocycles. The normalized spacial score (nSPS) is 28.8. The minimum absolute atomic E-state index is 0.112. The van der Waals surface area contributed by atoms with Crippen LogP contribution in [0.15, 0.2) is 24.3 Å². The Balaban J connectivity index is 1.79. The molecular formula is C16H24N2O. The summed E-state index contributed by atoms with van der Waals surface area (Å²) >= 11 is 0. The number of benzene rings is 1. The lowest BCUT2D eigenvalue weighted by molar-refractivity contribution is -0.00867. The maximum Gasteiger partial charge on any atom is 0.0779 e. The summed E-state index contributed by atoms with van der Waals surface area (Å²) in [5, 5.41) is 0. The Morgan fingerprint density at radius 2 is 1.95 bits per heavy atom. The number of anilines is 1. The van der Waals surface area contributed by atoms with Crippen LogP contribution in [0.3, 0.4) is 0 Å². The van der Waals surface area contributed by atoms with Gasteiger partial charge in [0, 0.05) is 18.3 Å². The lowest BCUT2D eigenvalue weighted by Gasteiger charge is -2.45. The lowest BCUT2D eigenvalue weighted by atomic mass is 9.89. The maximum atomic E-state index is 5.93. The monoisotopic (exact) mass is 260 g/mol. The molecule has 1 aliphatic carbocycles. The van der Waals surface area contributed by atoms with Gasteiger partial charge in [0.25, 0.3) is 0 Å². The van der Waals surface area contributed by atoms with E-state index in [1.165, 1.54) is 36.9 Å². The summed E-state index contributed by atoms with van der Waals surface area (Å²) in [5.74, 6) is 0. The van der Waals surface area contributed by atoms with Gasteiger partial charge in [-0.25, -0.2) is 0 Å². The topological polar surface area (TPSA) is 38.5 Å². The van der Waals surface area contributed by atoms with Crippen molar-refractivity contribution in [1.29, 1.82) is 0 Å². The van der Waals surface area contributed by atoms with E-state index in [-0.39, 0.29) is 6.04 Å². The summed E-state index contributed by atoms with van der Waals surface area (Å²) in [6.45, 7) is 3.90. The molecule has 104 valence electrons. The third-order valence-corrected chi connectivity index (χ3v) is 4.48. The predicted octanol–water partition coefficient (Wildman–Crippen LogP) is 2.85. The molecule has 0 radical (unpaired) electrons. The minimum Gasteiger partial charge on any atom is -0.374 e. The quantitative estimate of drug-likeness (QED) is 0.888. The molecule has 1 aromatic carbocycles. The Morgan fingerprint density at radius 3 is 2.68 bits per heavy atom. The van der Waals surface area contributed by atoms with E-state index in [9.17, 15) is 0 Å². The van der Waals surface area contributed by atoms with Gasteiger partial charge in [-0.05, 0) is 37.5 Å². The standard InChI is InChI=1S/C16H24N2O/c1-12(17)13-6-8-14(9-7-13)18-10-11-19-16-5-3-2-4-15(16)18/h6-9,12,15-16H,2-5,10-11,17H2,1H3/t12-,15?,16?/m1/s1. The molecule has 1 aromatic rings. The number of nitrogens with two attached hydrogens (primary N) is 1. The van der Waals surface area contributed by atoms with Crippen molar-refractivity contribution in [3.8, 4) is 0 Å². The van der Waals surface area contributed by atoms with Crippen molar-refractivity contribution in [3.05, 3.63) is 29.8 Å². The summed E-state index contributed by atoms with van der Waals surface area (Å²) < 4.78 is 5.93. The predicted molar refractivity (Wildman–Crippen MR) is 78.4 cm³/mol. The zero-order chi connectivity index (χ0) is 13.2. The van der Waals surface area contributed by atoms with Crippen molar-refractivity contribution in [3.63, 3.8) is 0 Å².